The third kappa shape index (κ3) is 18.3. The van der Waals surface area contributed by atoms with Gasteiger partial charge in [-0.25, -0.2) is 23.8 Å². The standard InChI is InChI=1S/C8H11.C7H9.6CH3.2Ti/c1-6-4-7(2)8(3)5-6;1-6-4-3-5-7(6)2;;;;;;;;/h4-5H,1-3H3;3-5H,1-2H3;6*1H3;;/q8*-1;2*+4. The van der Waals surface area contributed by atoms with Gasteiger partial charge in [0.25, 0.3) is 0 Å². The molecule has 0 radical (unpaired) electrons. The maximum absolute atomic E-state index is 2.20. The van der Waals surface area contributed by atoms with Crippen LogP contribution in [0.4, 0.5) is 0 Å². The Balaban J connectivity index is -0.0000000243. The fraction of sp³-hybridized carbons (Fsp3) is 0.238. The molecular formula is C21H38Ti2. The minimum atomic E-state index is 0. The largest absolute Gasteiger partial charge is 4.00 e. The molecule has 0 atom stereocenters. The van der Waals surface area contributed by atoms with Crippen LogP contribution in [0, 0.1) is 79.2 Å². The topological polar surface area (TPSA) is 0 Å². The van der Waals surface area contributed by atoms with Crippen LogP contribution in [-0.2, 0) is 43.4 Å². The summed E-state index contributed by atoms with van der Waals surface area (Å²) < 4.78 is 0. The molecule has 0 amide bonds. The third-order valence-corrected chi connectivity index (χ3v) is 2.82. The van der Waals surface area contributed by atoms with E-state index in [1.54, 1.807) is 0 Å². The molecule has 0 aromatic heterocycles. The molecule has 0 saturated heterocycles. The molecule has 0 aliphatic carbocycles. The molecule has 0 bridgehead atoms. The van der Waals surface area contributed by atoms with Crippen LogP contribution in [-0.4, -0.2) is 0 Å². The Bertz CT molecular complexity index is 387. The molecule has 0 saturated carbocycles. The number of hydrogen-bond acceptors (Lipinski definition) is 0. The van der Waals surface area contributed by atoms with E-state index in [2.05, 4.69) is 65.0 Å². The molecule has 0 nitrogen and oxygen atoms in total. The minimum Gasteiger partial charge on any atom is -0.358 e. The van der Waals surface area contributed by atoms with E-state index in [0.29, 0.717) is 0 Å². The van der Waals surface area contributed by atoms with Gasteiger partial charge in [-0.1, -0.05) is 34.6 Å². The Morgan fingerprint density at radius 3 is 1.22 bits per heavy atom. The van der Waals surface area contributed by atoms with Crippen molar-refractivity contribution in [3.8, 4) is 0 Å². The van der Waals surface area contributed by atoms with Gasteiger partial charge in [0.1, 0.15) is 0 Å². The molecule has 0 aliphatic rings. The molecule has 130 valence electrons. The molecule has 0 unspecified atom stereocenters. The average Bonchev–Trinajstić information content (AvgIpc) is 2.63. The van der Waals surface area contributed by atoms with Crippen molar-refractivity contribution < 1.29 is 43.4 Å². The number of rotatable bonds is 0. The summed E-state index contributed by atoms with van der Waals surface area (Å²) in [6.07, 6.45) is 0. The molecule has 0 aliphatic heterocycles. The normalized spacial score (nSPS) is 6.30. The van der Waals surface area contributed by atoms with Gasteiger partial charge in [0.15, 0.2) is 0 Å². The molecule has 2 rings (SSSR count). The molecule has 0 fully saturated rings. The second kappa shape index (κ2) is 24.4. The minimum absolute atomic E-state index is 0. The number of aryl methyl sites for hydroxylation is 5. The Morgan fingerprint density at radius 2 is 1.13 bits per heavy atom. The van der Waals surface area contributed by atoms with Crippen LogP contribution in [0.5, 0.6) is 0 Å². The molecular weight excluding hydrogens is 348 g/mol. The third-order valence-electron chi connectivity index (χ3n) is 2.82. The fourth-order valence-corrected chi connectivity index (χ4v) is 1.55. The van der Waals surface area contributed by atoms with Crippen molar-refractivity contribution in [1.82, 2.24) is 0 Å². The molecule has 0 heterocycles. The van der Waals surface area contributed by atoms with E-state index in [0.717, 1.165) is 0 Å². The van der Waals surface area contributed by atoms with Crippen LogP contribution >= 0.6 is 0 Å². The first-order valence-electron chi connectivity index (χ1n) is 5.40. The Labute approximate surface area is 180 Å². The first-order chi connectivity index (χ1) is 7.00. The fourth-order valence-electron chi connectivity index (χ4n) is 1.55. The summed E-state index contributed by atoms with van der Waals surface area (Å²) in [7, 11) is 0. The van der Waals surface area contributed by atoms with E-state index in [4.69, 9.17) is 0 Å². The van der Waals surface area contributed by atoms with Gasteiger partial charge in [-0.15, -0.1) is 0 Å². The molecule has 2 aromatic rings. The zero-order valence-corrected chi connectivity index (χ0v) is 20.5. The SMILES string of the molecule is Cc1cc(C)[c-](C)c1.Cc1ccc[c-]1C.[CH3-].[CH3-].[CH3-].[CH3-].[CH3-].[CH3-].[Ti+4].[Ti+4]. The van der Waals surface area contributed by atoms with Crippen molar-refractivity contribution in [2.24, 2.45) is 0 Å². The van der Waals surface area contributed by atoms with E-state index in [1.807, 2.05) is 0 Å². The van der Waals surface area contributed by atoms with E-state index in [1.165, 1.54) is 27.8 Å². The summed E-state index contributed by atoms with van der Waals surface area (Å²) in [4.78, 5) is 0. The summed E-state index contributed by atoms with van der Waals surface area (Å²) in [6.45, 7) is 10.6. The summed E-state index contributed by atoms with van der Waals surface area (Å²) in [6, 6.07) is 10.7. The van der Waals surface area contributed by atoms with Crippen LogP contribution < -0.4 is 0 Å². The molecule has 2 heteroatoms. The predicted molar refractivity (Wildman–Crippen MR) is 106 cm³/mol. The zero-order valence-electron chi connectivity index (χ0n) is 17.4. The van der Waals surface area contributed by atoms with Crippen LogP contribution in [0.15, 0.2) is 30.3 Å². The summed E-state index contributed by atoms with van der Waals surface area (Å²) in [5, 5.41) is 0. The van der Waals surface area contributed by atoms with Crippen LogP contribution in [0.2, 0.25) is 0 Å². The Kier molecular flexibility index (Phi) is 52.5. The predicted octanol–water partition coefficient (Wildman–Crippen LogP) is 7.05. The Hall–Kier alpha value is 0.129. The monoisotopic (exact) mass is 386 g/mol. The molecule has 0 N–H and O–H groups in total. The second-order valence-electron chi connectivity index (χ2n) is 4.29. The maximum Gasteiger partial charge on any atom is 4.00 e. The van der Waals surface area contributed by atoms with Gasteiger partial charge in [0, 0.05) is 0 Å². The summed E-state index contributed by atoms with van der Waals surface area (Å²) in [5.74, 6) is 0. The summed E-state index contributed by atoms with van der Waals surface area (Å²) in [5.41, 5.74) is 6.96. The van der Waals surface area contributed by atoms with Gasteiger partial charge in [-0.2, -0.15) is 34.4 Å². The number of hydrogen-bond donors (Lipinski definition) is 0. The average molecular weight is 386 g/mol. The van der Waals surface area contributed by atoms with Crippen molar-refractivity contribution in [2.45, 2.75) is 34.6 Å². The smallest absolute Gasteiger partial charge is 0.358 e. The first kappa shape index (κ1) is 49.5. The summed E-state index contributed by atoms with van der Waals surface area (Å²) >= 11 is 0. The Morgan fingerprint density at radius 1 is 0.696 bits per heavy atom. The van der Waals surface area contributed by atoms with E-state index in [9.17, 15) is 0 Å². The van der Waals surface area contributed by atoms with Crippen molar-refractivity contribution in [1.29, 1.82) is 0 Å². The van der Waals surface area contributed by atoms with Crippen molar-refractivity contribution in [3.63, 3.8) is 0 Å². The van der Waals surface area contributed by atoms with E-state index < -0.39 is 0 Å². The van der Waals surface area contributed by atoms with Gasteiger partial charge in [-0.05, 0) is 0 Å². The van der Waals surface area contributed by atoms with Crippen molar-refractivity contribution in [3.05, 3.63) is 103 Å². The maximum atomic E-state index is 2.20. The molecule has 2 aromatic carbocycles. The van der Waals surface area contributed by atoms with Gasteiger partial charge in [0.2, 0.25) is 0 Å². The van der Waals surface area contributed by atoms with E-state index in [-0.39, 0.29) is 88.0 Å². The van der Waals surface area contributed by atoms with Gasteiger partial charge in [-0.3, -0.25) is 0 Å². The van der Waals surface area contributed by atoms with Crippen molar-refractivity contribution in [2.75, 3.05) is 0 Å². The van der Waals surface area contributed by atoms with Crippen LogP contribution in [0.25, 0.3) is 0 Å². The molecule has 0 spiro atoms. The molecule has 23 heavy (non-hydrogen) atoms. The quantitative estimate of drug-likeness (QED) is 0.336. The van der Waals surface area contributed by atoms with Gasteiger partial charge < -0.3 is 44.6 Å². The second-order valence-corrected chi connectivity index (χ2v) is 4.29. The zero-order chi connectivity index (χ0) is 11.4. The van der Waals surface area contributed by atoms with Gasteiger partial charge >= 0.3 is 43.4 Å². The first-order valence-corrected chi connectivity index (χ1v) is 5.40. The van der Waals surface area contributed by atoms with Crippen LogP contribution in [0.1, 0.15) is 27.8 Å². The van der Waals surface area contributed by atoms with Crippen molar-refractivity contribution >= 4 is 0 Å². The van der Waals surface area contributed by atoms with Gasteiger partial charge in [0.05, 0.1) is 0 Å². The van der Waals surface area contributed by atoms with E-state index >= 15 is 0 Å². The van der Waals surface area contributed by atoms with Crippen LogP contribution in [0.3, 0.4) is 0 Å².